The number of aromatic hydroxyl groups is 1. The molecule has 0 bridgehead atoms. The van der Waals surface area contributed by atoms with Gasteiger partial charge in [0.2, 0.25) is 5.78 Å². The Bertz CT molecular complexity index is 1530. The zero-order chi connectivity index (χ0) is 30.6. The van der Waals surface area contributed by atoms with Crippen molar-refractivity contribution in [1.29, 1.82) is 0 Å². The minimum atomic E-state index is -0.345. The molecule has 0 heterocycles. The SMILES string of the molecule is C=CC(C1=CC(=O)C(OC)=CC1=O)c1ccc(OC)cc1.COc1cc(O)c(C(=O)C=Cc2ccccc2)c(OC)c1. The summed E-state index contributed by atoms with van der Waals surface area (Å²) in [6, 6.07) is 19.7. The number of hydrogen-bond acceptors (Lipinski definition) is 8. The van der Waals surface area contributed by atoms with E-state index in [0.29, 0.717) is 11.3 Å². The van der Waals surface area contributed by atoms with Gasteiger partial charge < -0.3 is 24.1 Å². The molecule has 4 rings (SSSR count). The van der Waals surface area contributed by atoms with Crippen molar-refractivity contribution in [2.75, 3.05) is 28.4 Å². The van der Waals surface area contributed by atoms with Gasteiger partial charge in [0.1, 0.15) is 28.6 Å². The largest absolute Gasteiger partial charge is 0.507 e. The summed E-state index contributed by atoms with van der Waals surface area (Å²) in [5, 5.41) is 9.99. The van der Waals surface area contributed by atoms with E-state index in [0.717, 1.165) is 16.9 Å². The van der Waals surface area contributed by atoms with Crippen molar-refractivity contribution >= 4 is 23.4 Å². The van der Waals surface area contributed by atoms with Gasteiger partial charge in [-0.05, 0) is 35.4 Å². The fourth-order valence-electron chi connectivity index (χ4n) is 4.14. The molecule has 0 aliphatic heterocycles. The fourth-order valence-corrected chi connectivity index (χ4v) is 4.14. The van der Waals surface area contributed by atoms with Crippen LogP contribution in [-0.4, -0.2) is 50.9 Å². The average molecular weight is 569 g/mol. The summed E-state index contributed by atoms with van der Waals surface area (Å²) < 4.78 is 20.2. The molecule has 1 aliphatic rings. The molecule has 0 spiro atoms. The first kappa shape index (κ1) is 31.2. The number of phenols is 1. The second-order valence-electron chi connectivity index (χ2n) is 8.86. The maximum atomic E-state index is 12.3. The van der Waals surface area contributed by atoms with Crippen LogP contribution in [0.25, 0.3) is 6.08 Å². The number of carbonyl (C=O) groups excluding carboxylic acids is 3. The lowest BCUT2D eigenvalue weighted by Gasteiger charge is -2.18. The quantitative estimate of drug-likeness (QED) is 0.140. The van der Waals surface area contributed by atoms with Gasteiger partial charge in [-0.25, -0.2) is 0 Å². The van der Waals surface area contributed by atoms with E-state index in [9.17, 15) is 19.5 Å². The lowest BCUT2D eigenvalue weighted by atomic mass is 9.85. The topological polar surface area (TPSA) is 108 Å². The molecule has 0 saturated heterocycles. The summed E-state index contributed by atoms with van der Waals surface area (Å²) in [4.78, 5) is 36.3. The Morgan fingerprint density at radius 2 is 1.48 bits per heavy atom. The van der Waals surface area contributed by atoms with Crippen LogP contribution in [0, 0.1) is 0 Å². The molecule has 1 unspecified atom stereocenters. The first-order valence-electron chi connectivity index (χ1n) is 12.8. The Hall–Kier alpha value is -5.37. The van der Waals surface area contributed by atoms with Crippen molar-refractivity contribution in [2.45, 2.75) is 5.92 Å². The van der Waals surface area contributed by atoms with Gasteiger partial charge in [-0.3, -0.25) is 14.4 Å². The van der Waals surface area contributed by atoms with Gasteiger partial charge in [0, 0.05) is 29.7 Å². The molecule has 1 atom stereocenters. The molecule has 3 aromatic rings. The highest BCUT2D eigenvalue weighted by atomic mass is 16.5. The molecule has 8 heteroatoms. The van der Waals surface area contributed by atoms with Crippen molar-refractivity contribution < 1.29 is 38.4 Å². The Balaban J connectivity index is 0.000000230. The minimum Gasteiger partial charge on any atom is -0.507 e. The maximum absolute atomic E-state index is 12.3. The van der Waals surface area contributed by atoms with Crippen molar-refractivity contribution in [3.05, 3.63) is 126 Å². The van der Waals surface area contributed by atoms with Crippen molar-refractivity contribution in [1.82, 2.24) is 0 Å². The van der Waals surface area contributed by atoms with E-state index in [2.05, 4.69) is 6.58 Å². The second kappa shape index (κ2) is 14.9. The predicted molar refractivity (Wildman–Crippen MR) is 160 cm³/mol. The van der Waals surface area contributed by atoms with Crippen LogP contribution >= 0.6 is 0 Å². The lowest BCUT2D eigenvalue weighted by Crippen LogP contribution is -2.18. The van der Waals surface area contributed by atoms with Crippen molar-refractivity contribution in [3.63, 3.8) is 0 Å². The standard InChI is InChI=1S/2C17H16O4/c1-20-13-10-15(19)17(16(11-13)21-2)14(18)9-8-12-6-4-3-5-7-12;1-4-13(11-5-7-12(20-2)8-6-11)14-9-16(19)17(21-3)10-15(14)18/h3-11,19H,1-2H3;4-10,13H,1H2,2-3H3. The number of carbonyl (C=O) groups is 3. The van der Waals surface area contributed by atoms with E-state index >= 15 is 0 Å². The highest BCUT2D eigenvalue weighted by molar-refractivity contribution is 6.19. The zero-order valence-electron chi connectivity index (χ0n) is 23.8. The molecule has 216 valence electrons. The zero-order valence-corrected chi connectivity index (χ0v) is 23.8. The van der Waals surface area contributed by atoms with Crippen LogP contribution in [0.5, 0.6) is 23.0 Å². The van der Waals surface area contributed by atoms with Crippen LogP contribution in [0.2, 0.25) is 0 Å². The van der Waals surface area contributed by atoms with E-state index in [4.69, 9.17) is 18.9 Å². The smallest absolute Gasteiger partial charge is 0.220 e. The summed E-state index contributed by atoms with van der Waals surface area (Å²) in [5.41, 5.74) is 2.27. The highest BCUT2D eigenvalue weighted by Gasteiger charge is 2.26. The Morgan fingerprint density at radius 1 is 0.810 bits per heavy atom. The summed E-state index contributed by atoms with van der Waals surface area (Å²) in [6.45, 7) is 3.77. The Morgan fingerprint density at radius 3 is 2.05 bits per heavy atom. The van der Waals surface area contributed by atoms with Gasteiger partial charge in [0.05, 0.1) is 28.4 Å². The van der Waals surface area contributed by atoms with Gasteiger partial charge in [0.15, 0.2) is 17.3 Å². The normalized spacial score (nSPS) is 13.2. The van der Waals surface area contributed by atoms with Crippen LogP contribution in [0.4, 0.5) is 0 Å². The number of phenolic OH excluding ortho intramolecular Hbond substituents is 1. The molecule has 8 nitrogen and oxygen atoms in total. The molecule has 0 amide bonds. The number of ketones is 3. The number of ether oxygens (including phenoxy) is 4. The van der Waals surface area contributed by atoms with Gasteiger partial charge >= 0.3 is 0 Å². The first-order chi connectivity index (χ1) is 20.3. The third kappa shape index (κ3) is 7.63. The van der Waals surface area contributed by atoms with Crippen molar-refractivity contribution in [2.24, 2.45) is 0 Å². The van der Waals surface area contributed by atoms with Crippen molar-refractivity contribution in [3.8, 4) is 23.0 Å². The molecule has 1 aliphatic carbocycles. The predicted octanol–water partition coefficient (Wildman–Crippen LogP) is 5.88. The average Bonchev–Trinajstić information content (AvgIpc) is 3.02. The molecule has 3 aromatic carbocycles. The number of rotatable bonds is 10. The molecular weight excluding hydrogens is 536 g/mol. The van der Waals surface area contributed by atoms with E-state index in [1.165, 1.54) is 45.6 Å². The van der Waals surface area contributed by atoms with Gasteiger partial charge in [-0.2, -0.15) is 0 Å². The number of methoxy groups -OCH3 is 4. The molecule has 42 heavy (non-hydrogen) atoms. The third-order valence-electron chi connectivity index (χ3n) is 6.33. The molecule has 0 aromatic heterocycles. The second-order valence-corrected chi connectivity index (χ2v) is 8.86. The fraction of sp³-hybridized carbons (Fsp3) is 0.147. The Kier molecular flexibility index (Phi) is 11.0. The number of hydrogen-bond donors (Lipinski definition) is 1. The number of allylic oxidation sites excluding steroid dienone is 5. The lowest BCUT2D eigenvalue weighted by molar-refractivity contribution is -0.117. The molecule has 1 N–H and O–H groups in total. The van der Waals surface area contributed by atoms with Gasteiger partial charge in [-0.1, -0.05) is 54.6 Å². The first-order valence-corrected chi connectivity index (χ1v) is 12.8. The summed E-state index contributed by atoms with van der Waals surface area (Å²) in [5.74, 6) is 0.0679. The number of benzene rings is 3. The highest BCUT2D eigenvalue weighted by Crippen LogP contribution is 2.34. The van der Waals surface area contributed by atoms with Crippen LogP contribution in [-0.2, 0) is 14.3 Å². The van der Waals surface area contributed by atoms with E-state index in [1.807, 2.05) is 42.5 Å². The molecule has 0 radical (unpaired) electrons. The van der Waals surface area contributed by atoms with E-state index in [1.54, 1.807) is 37.5 Å². The van der Waals surface area contributed by atoms with Gasteiger partial charge in [-0.15, -0.1) is 6.58 Å². The molecule has 0 saturated carbocycles. The maximum Gasteiger partial charge on any atom is 0.220 e. The summed E-state index contributed by atoms with van der Waals surface area (Å²) in [6.07, 6.45) is 7.27. The van der Waals surface area contributed by atoms with Gasteiger partial charge in [0.25, 0.3) is 0 Å². The Labute approximate surface area is 244 Å². The third-order valence-corrected chi connectivity index (χ3v) is 6.33. The van der Waals surface area contributed by atoms with E-state index in [-0.39, 0.29) is 46.1 Å². The monoisotopic (exact) mass is 568 g/mol. The molecular formula is C34H32O8. The van der Waals surface area contributed by atoms with Crippen LogP contribution in [0.15, 0.2) is 109 Å². The minimum absolute atomic E-state index is 0.0568. The molecule has 0 fully saturated rings. The summed E-state index contributed by atoms with van der Waals surface area (Å²) in [7, 11) is 5.87. The van der Waals surface area contributed by atoms with Crippen LogP contribution in [0.3, 0.4) is 0 Å². The van der Waals surface area contributed by atoms with Crippen LogP contribution in [0.1, 0.15) is 27.4 Å². The summed E-state index contributed by atoms with van der Waals surface area (Å²) >= 11 is 0. The van der Waals surface area contributed by atoms with E-state index < -0.39 is 0 Å². The van der Waals surface area contributed by atoms with Crippen LogP contribution < -0.4 is 14.2 Å².